The third-order valence-electron chi connectivity index (χ3n) is 5.20. The summed E-state index contributed by atoms with van der Waals surface area (Å²) in [6.45, 7) is 7.43. The molecule has 0 atom stereocenters. The first-order valence-electron chi connectivity index (χ1n) is 8.45. The highest BCUT2D eigenvalue weighted by Crippen LogP contribution is 2.46. The number of hydrogen-bond acceptors (Lipinski definition) is 3. The van der Waals surface area contributed by atoms with Gasteiger partial charge in [-0.3, -0.25) is 0 Å². The minimum Gasteiger partial charge on any atom is -0.444 e. The molecule has 1 heterocycles. The first kappa shape index (κ1) is 17.0. The fraction of sp³-hybridized carbons (Fsp3) is 0.941. The maximum absolute atomic E-state index is 12.2. The van der Waals surface area contributed by atoms with E-state index in [0.717, 1.165) is 37.6 Å². The molecule has 4 heteroatoms. The van der Waals surface area contributed by atoms with E-state index in [2.05, 4.69) is 12.6 Å². The van der Waals surface area contributed by atoms with Gasteiger partial charge in [-0.05, 0) is 63.5 Å². The van der Waals surface area contributed by atoms with E-state index < -0.39 is 5.60 Å². The van der Waals surface area contributed by atoms with Gasteiger partial charge in [0, 0.05) is 13.1 Å². The number of hydrogen-bond donors (Lipinski definition) is 1. The summed E-state index contributed by atoms with van der Waals surface area (Å²) in [6.07, 6.45) is 8.86. The minimum absolute atomic E-state index is 0.154. The maximum Gasteiger partial charge on any atom is 0.410 e. The Balaban J connectivity index is 1.92. The Hall–Kier alpha value is -0.380. The van der Waals surface area contributed by atoms with Crippen molar-refractivity contribution < 1.29 is 9.53 Å². The molecule has 21 heavy (non-hydrogen) atoms. The molecule has 2 aliphatic rings. The lowest BCUT2D eigenvalue weighted by molar-refractivity contribution is 0.000793. The summed E-state index contributed by atoms with van der Waals surface area (Å²) in [5.41, 5.74) is -0.0550. The van der Waals surface area contributed by atoms with E-state index in [9.17, 15) is 4.79 Å². The van der Waals surface area contributed by atoms with Crippen molar-refractivity contribution in [3.05, 3.63) is 0 Å². The largest absolute Gasteiger partial charge is 0.444 e. The van der Waals surface area contributed by atoms with Crippen molar-refractivity contribution in [2.75, 3.05) is 18.8 Å². The number of amides is 1. The molecule has 1 aliphatic heterocycles. The fourth-order valence-electron chi connectivity index (χ4n) is 3.87. The van der Waals surface area contributed by atoms with Crippen molar-refractivity contribution in [2.45, 2.75) is 71.3 Å². The van der Waals surface area contributed by atoms with Crippen molar-refractivity contribution >= 4 is 18.7 Å². The Labute approximate surface area is 135 Å². The Morgan fingerprint density at radius 3 is 2.24 bits per heavy atom. The van der Waals surface area contributed by atoms with Crippen LogP contribution in [0.2, 0.25) is 0 Å². The van der Waals surface area contributed by atoms with Gasteiger partial charge in [-0.15, -0.1) is 0 Å². The van der Waals surface area contributed by atoms with Crippen LogP contribution in [0.25, 0.3) is 0 Å². The number of ether oxygens (including phenoxy) is 1. The minimum atomic E-state index is -0.404. The summed E-state index contributed by atoms with van der Waals surface area (Å²) in [6, 6.07) is 0. The van der Waals surface area contributed by atoms with E-state index in [1.54, 1.807) is 0 Å². The first-order chi connectivity index (χ1) is 9.86. The Morgan fingerprint density at radius 1 is 1.19 bits per heavy atom. The van der Waals surface area contributed by atoms with Gasteiger partial charge in [-0.25, -0.2) is 4.79 Å². The van der Waals surface area contributed by atoms with E-state index >= 15 is 0 Å². The molecular weight excluding hydrogens is 282 g/mol. The second-order valence-corrected chi connectivity index (χ2v) is 8.14. The third-order valence-corrected chi connectivity index (χ3v) is 5.83. The van der Waals surface area contributed by atoms with Crippen LogP contribution in [0.15, 0.2) is 0 Å². The zero-order chi connectivity index (χ0) is 15.5. The normalized spacial score (nSPS) is 23.9. The Kier molecular flexibility index (Phi) is 5.50. The summed E-state index contributed by atoms with van der Waals surface area (Å²) in [5.74, 6) is 1.77. The van der Waals surface area contributed by atoms with Crippen LogP contribution in [-0.2, 0) is 4.74 Å². The lowest BCUT2D eigenvalue weighted by Gasteiger charge is -2.47. The van der Waals surface area contributed by atoms with Gasteiger partial charge in [0.25, 0.3) is 0 Å². The van der Waals surface area contributed by atoms with Crippen LogP contribution in [0.3, 0.4) is 0 Å². The number of likely N-dealkylation sites (tertiary alicyclic amines) is 1. The van der Waals surface area contributed by atoms with Crippen molar-refractivity contribution in [3.8, 4) is 0 Å². The highest BCUT2D eigenvalue weighted by atomic mass is 32.1. The molecule has 0 N–H and O–H groups in total. The molecule has 0 aromatic heterocycles. The summed E-state index contributed by atoms with van der Waals surface area (Å²) in [4.78, 5) is 14.1. The van der Waals surface area contributed by atoms with Gasteiger partial charge in [-0.2, -0.15) is 12.6 Å². The predicted octanol–water partition coefficient (Wildman–Crippen LogP) is 4.51. The van der Waals surface area contributed by atoms with E-state index in [-0.39, 0.29) is 6.09 Å². The van der Waals surface area contributed by atoms with E-state index in [1.807, 2.05) is 25.7 Å². The second-order valence-electron chi connectivity index (χ2n) is 7.82. The smallest absolute Gasteiger partial charge is 0.410 e. The quantitative estimate of drug-likeness (QED) is 0.760. The predicted molar refractivity (Wildman–Crippen MR) is 89.9 cm³/mol. The summed E-state index contributed by atoms with van der Waals surface area (Å²) < 4.78 is 5.49. The second kappa shape index (κ2) is 6.80. The molecule has 1 saturated heterocycles. The summed E-state index contributed by atoms with van der Waals surface area (Å²) in [5, 5.41) is 0. The topological polar surface area (TPSA) is 29.5 Å². The van der Waals surface area contributed by atoms with E-state index in [0.29, 0.717) is 5.41 Å². The van der Waals surface area contributed by atoms with E-state index in [4.69, 9.17) is 4.74 Å². The molecule has 1 aliphatic carbocycles. The SMILES string of the molecule is CC(C)(C)OC(=O)N1CCC(CS)(C2CCCCC2)CC1. The lowest BCUT2D eigenvalue weighted by atomic mass is 9.65. The van der Waals surface area contributed by atoms with Crippen LogP contribution in [0, 0.1) is 11.3 Å². The lowest BCUT2D eigenvalue weighted by Crippen LogP contribution is -2.48. The summed E-state index contributed by atoms with van der Waals surface area (Å²) >= 11 is 4.67. The molecule has 0 aromatic rings. The average Bonchev–Trinajstić information content (AvgIpc) is 2.46. The highest BCUT2D eigenvalue weighted by molar-refractivity contribution is 7.80. The molecule has 1 amide bonds. The van der Waals surface area contributed by atoms with Gasteiger partial charge < -0.3 is 9.64 Å². The summed E-state index contributed by atoms with van der Waals surface area (Å²) in [7, 11) is 0. The molecule has 3 nitrogen and oxygen atoms in total. The van der Waals surface area contributed by atoms with Gasteiger partial charge >= 0.3 is 6.09 Å². The van der Waals surface area contributed by atoms with Crippen LogP contribution in [0.5, 0.6) is 0 Å². The van der Waals surface area contributed by atoms with Crippen molar-refractivity contribution in [2.24, 2.45) is 11.3 Å². The zero-order valence-corrected chi connectivity index (χ0v) is 14.8. The Morgan fingerprint density at radius 2 is 1.76 bits per heavy atom. The molecule has 0 unspecified atom stereocenters. The van der Waals surface area contributed by atoms with Crippen molar-refractivity contribution in [3.63, 3.8) is 0 Å². The van der Waals surface area contributed by atoms with Gasteiger partial charge in [0.15, 0.2) is 0 Å². The van der Waals surface area contributed by atoms with E-state index in [1.165, 1.54) is 32.1 Å². The molecule has 1 saturated carbocycles. The highest BCUT2D eigenvalue weighted by Gasteiger charge is 2.42. The molecule has 122 valence electrons. The molecule has 2 fully saturated rings. The Bertz CT molecular complexity index is 350. The molecule has 0 radical (unpaired) electrons. The number of rotatable bonds is 2. The fourth-order valence-corrected chi connectivity index (χ4v) is 4.45. The molecule has 0 spiro atoms. The molecular formula is C17H31NO2S. The first-order valence-corrected chi connectivity index (χ1v) is 9.08. The molecule has 0 bridgehead atoms. The molecule has 2 rings (SSSR count). The number of piperidine rings is 1. The number of carbonyl (C=O) groups excluding carboxylic acids is 1. The van der Waals surface area contributed by atoms with Gasteiger partial charge in [0.05, 0.1) is 0 Å². The number of nitrogens with zero attached hydrogens (tertiary/aromatic N) is 1. The van der Waals surface area contributed by atoms with Crippen LogP contribution in [-0.4, -0.2) is 35.4 Å². The van der Waals surface area contributed by atoms with Crippen LogP contribution in [0.4, 0.5) is 4.79 Å². The number of carbonyl (C=O) groups is 1. The average molecular weight is 314 g/mol. The van der Waals surface area contributed by atoms with Gasteiger partial charge in [0.1, 0.15) is 5.60 Å². The van der Waals surface area contributed by atoms with Crippen molar-refractivity contribution in [1.29, 1.82) is 0 Å². The molecule has 0 aromatic carbocycles. The van der Waals surface area contributed by atoms with Gasteiger partial charge in [0.2, 0.25) is 0 Å². The van der Waals surface area contributed by atoms with Crippen LogP contribution in [0.1, 0.15) is 65.7 Å². The van der Waals surface area contributed by atoms with Crippen LogP contribution < -0.4 is 0 Å². The number of thiol groups is 1. The van der Waals surface area contributed by atoms with Crippen molar-refractivity contribution in [1.82, 2.24) is 4.90 Å². The zero-order valence-electron chi connectivity index (χ0n) is 13.9. The van der Waals surface area contributed by atoms with Crippen LogP contribution >= 0.6 is 12.6 Å². The van der Waals surface area contributed by atoms with Gasteiger partial charge in [-0.1, -0.05) is 19.3 Å². The standard InChI is InChI=1S/C17H31NO2S/c1-16(2,3)20-15(19)18-11-9-17(13-21,10-12-18)14-7-5-4-6-8-14/h14,21H,4-13H2,1-3H3. The monoisotopic (exact) mass is 313 g/mol. The third kappa shape index (κ3) is 4.30. The maximum atomic E-state index is 12.2.